The lowest BCUT2D eigenvalue weighted by molar-refractivity contribution is -0.137. The van der Waals surface area contributed by atoms with E-state index in [1.54, 1.807) is 6.07 Å². The van der Waals surface area contributed by atoms with Crippen molar-refractivity contribution in [3.8, 4) is 0 Å². The molecular weight excluding hydrogens is 306 g/mol. The van der Waals surface area contributed by atoms with Crippen molar-refractivity contribution in [2.24, 2.45) is 0 Å². The van der Waals surface area contributed by atoms with Crippen molar-refractivity contribution in [2.45, 2.75) is 45.1 Å². The Bertz CT molecular complexity index is 775. The first-order chi connectivity index (χ1) is 11.5. The molecule has 2 aromatic rings. The Hall–Kier alpha value is -2.37. The molecule has 1 aliphatic rings. The van der Waals surface area contributed by atoms with Gasteiger partial charge in [-0.3, -0.25) is 14.3 Å². The van der Waals surface area contributed by atoms with Crippen LogP contribution in [0.15, 0.2) is 18.2 Å². The van der Waals surface area contributed by atoms with Crippen LogP contribution in [0.5, 0.6) is 0 Å². The second kappa shape index (κ2) is 6.63. The quantitative estimate of drug-likeness (QED) is 0.915. The highest BCUT2D eigenvalue weighted by molar-refractivity contribution is 5.99. The van der Waals surface area contributed by atoms with Crippen LogP contribution in [0.25, 0.3) is 10.9 Å². The molecule has 0 bridgehead atoms. The van der Waals surface area contributed by atoms with Gasteiger partial charge in [0, 0.05) is 18.0 Å². The van der Waals surface area contributed by atoms with Crippen LogP contribution in [0.2, 0.25) is 0 Å². The number of hydrogen-bond acceptors (Lipinski definition) is 3. The van der Waals surface area contributed by atoms with Crippen LogP contribution in [-0.4, -0.2) is 45.3 Å². The second-order valence-electron chi connectivity index (χ2n) is 6.47. The van der Waals surface area contributed by atoms with Crippen molar-refractivity contribution in [1.82, 2.24) is 14.7 Å². The molecular formula is C18H23N3O3. The minimum atomic E-state index is -1.02. The molecule has 0 aliphatic heterocycles. The summed E-state index contributed by atoms with van der Waals surface area (Å²) in [6.07, 6.45) is 5.53. The molecule has 24 heavy (non-hydrogen) atoms. The van der Waals surface area contributed by atoms with Gasteiger partial charge < -0.3 is 10.0 Å². The number of carboxylic acid groups (broad SMARTS) is 1. The number of hydrogen-bond donors (Lipinski definition) is 1. The van der Waals surface area contributed by atoms with Gasteiger partial charge in [0.25, 0.3) is 5.91 Å². The van der Waals surface area contributed by atoms with Crippen molar-refractivity contribution in [2.75, 3.05) is 13.6 Å². The third kappa shape index (κ3) is 3.00. The minimum Gasteiger partial charge on any atom is -0.480 e. The average molecular weight is 329 g/mol. The molecule has 128 valence electrons. The molecule has 0 saturated heterocycles. The molecule has 6 heteroatoms. The third-order valence-corrected chi connectivity index (χ3v) is 4.76. The highest BCUT2D eigenvalue weighted by Crippen LogP contribution is 2.33. The Morgan fingerprint density at radius 1 is 1.33 bits per heavy atom. The Labute approximate surface area is 141 Å². The number of aromatic nitrogens is 2. The predicted molar refractivity (Wildman–Crippen MR) is 91.2 cm³/mol. The van der Waals surface area contributed by atoms with Crippen molar-refractivity contribution in [3.05, 3.63) is 29.5 Å². The molecule has 6 nitrogen and oxygen atoms in total. The smallest absolute Gasteiger partial charge is 0.323 e. The summed E-state index contributed by atoms with van der Waals surface area (Å²) >= 11 is 0. The zero-order chi connectivity index (χ0) is 17.3. The highest BCUT2D eigenvalue weighted by atomic mass is 16.4. The van der Waals surface area contributed by atoms with Gasteiger partial charge in [0.15, 0.2) is 0 Å². The van der Waals surface area contributed by atoms with Crippen LogP contribution < -0.4 is 0 Å². The lowest BCUT2D eigenvalue weighted by atomic mass is 10.1. The summed E-state index contributed by atoms with van der Waals surface area (Å²) in [5.41, 5.74) is 2.54. The van der Waals surface area contributed by atoms with Gasteiger partial charge in [-0.1, -0.05) is 25.8 Å². The van der Waals surface area contributed by atoms with Gasteiger partial charge in [-0.15, -0.1) is 0 Å². The van der Waals surface area contributed by atoms with Crippen molar-refractivity contribution >= 4 is 22.8 Å². The molecule has 1 amide bonds. The number of benzene rings is 1. The first kappa shape index (κ1) is 16.5. The van der Waals surface area contributed by atoms with Crippen molar-refractivity contribution in [3.63, 3.8) is 0 Å². The van der Waals surface area contributed by atoms with E-state index >= 15 is 0 Å². The molecule has 0 spiro atoms. The second-order valence-corrected chi connectivity index (χ2v) is 6.47. The van der Waals surface area contributed by atoms with Gasteiger partial charge in [-0.05, 0) is 31.4 Å². The van der Waals surface area contributed by atoms with Crippen LogP contribution in [-0.2, 0) is 11.2 Å². The number of nitrogens with zero attached hydrogens (tertiary/aromatic N) is 3. The number of carbonyl (C=O) groups is 2. The molecule has 0 radical (unpaired) electrons. The number of fused-ring (bicyclic) bond motifs is 1. The average Bonchev–Trinajstić information content (AvgIpc) is 3.19. The Morgan fingerprint density at radius 2 is 2.04 bits per heavy atom. The molecule has 1 heterocycles. The molecule has 1 aromatic heterocycles. The zero-order valence-electron chi connectivity index (χ0n) is 14.2. The number of likely N-dealkylation sites (N-methyl/N-ethyl adjacent to an activating group) is 1. The topological polar surface area (TPSA) is 75.4 Å². The Balaban J connectivity index is 2.01. The number of aryl methyl sites for hydroxylation is 1. The van der Waals surface area contributed by atoms with E-state index in [4.69, 9.17) is 10.2 Å². The van der Waals surface area contributed by atoms with Crippen LogP contribution in [0, 0.1) is 0 Å². The summed E-state index contributed by atoms with van der Waals surface area (Å²) < 4.78 is 2.08. The van der Waals surface area contributed by atoms with Crippen LogP contribution >= 0.6 is 0 Å². The number of rotatable bonds is 5. The van der Waals surface area contributed by atoms with Gasteiger partial charge >= 0.3 is 5.97 Å². The van der Waals surface area contributed by atoms with E-state index in [0.29, 0.717) is 11.6 Å². The number of amides is 1. The number of aliphatic carboxylic acids is 1. The molecule has 3 rings (SSSR count). The first-order valence-corrected chi connectivity index (χ1v) is 8.49. The van der Waals surface area contributed by atoms with E-state index in [-0.39, 0.29) is 12.5 Å². The summed E-state index contributed by atoms with van der Waals surface area (Å²) in [6, 6.07) is 5.97. The van der Waals surface area contributed by atoms with E-state index < -0.39 is 5.97 Å². The summed E-state index contributed by atoms with van der Waals surface area (Å²) in [4.78, 5) is 24.5. The SMILES string of the molecule is CCc1nn(C2CCCC2)c2cc(C(=O)N(C)CC(=O)O)ccc12. The van der Waals surface area contributed by atoms with Crippen molar-refractivity contribution < 1.29 is 14.7 Å². The molecule has 1 fully saturated rings. The predicted octanol–water partition coefficient (Wildman–Crippen LogP) is 2.87. The lowest BCUT2D eigenvalue weighted by Crippen LogP contribution is -2.31. The molecule has 1 aromatic carbocycles. The maximum Gasteiger partial charge on any atom is 0.323 e. The molecule has 0 atom stereocenters. The summed E-state index contributed by atoms with van der Waals surface area (Å²) in [7, 11) is 1.51. The van der Waals surface area contributed by atoms with E-state index in [0.717, 1.165) is 35.9 Å². The fraction of sp³-hybridized carbons (Fsp3) is 0.500. The van der Waals surface area contributed by atoms with Crippen LogP contribution in [0.3, 0.4) is 0 Å². The standard InChI is InChI=1S/C18H23N3O3/c1-3-15-14-9-8-12(18(24)20(2)11-17(22)23)10-16(14)21(19-15)13-6-4-5-7-13/h8-10,13H,3-7,11H2,1-2H3,(H,22,23). The fourth-order valence-corrected chi connectivity index (χ4v) is 3.52. The molecule has 1 aliphatic carbocycles. The molecule has 1 saturated carbocycles. The fourth-order valence-electron chi connectivity index (χ4n) is 3.52. The number of carboxylic acids is 1. The minimum absolute atomic E-state index is 0.281. The molecule has 1 N–H and O–H groups in total. The summed E-state index contributed by atoms with van der Waals surface area (Å²) in [6.45, 7) is 1.78. The largest absolute Gasteiger partial charge is 0.480 e. The summed E-state index contributed by atoms with van der Waals surface area (Å²) in [5, 5.41) is 14.7. The Morgan fingerprint density at radius 3 is 2.67 bits per heavy atom. The van der Waals surface area contributed by atoms with E-state index in [1.807, 2.05) is 12.1 Å². The zero-order valence-corrected chi connectivity index (χ0v) is 14.2. The summed E-state index contributed by atoms with van der Waals surface area (Å²) in [5.74, 6) is -1.30. The normalized spacial score (nSPS) is 15.1. The first-order valence-electron chi connectivity index (χ1n) is 8.49. The Kier molecular flexibility index (Phi) is 4.55. The van der Waals surface area contributed by atoms with E-state index in [9.17, 15) is 9.59 Å². The molecule has 0 unspecified atom stereocenters. The van der Waals surface area contributed by atoms with Gasteiger partial charge in [0.2, 0.25) is 0 Å². The van der Waals surface area contributed by atoms with Gasteiger partial charge in [0.1, 0.15) is 6.54 Å². The third-order valence-electron chi connectivity index (χ3n) is 4.76. The monoisotopic (exact) mass is 329 g/mol. The van der Waals surface area contributed by atoms with Crippen LogP contribution in [0.1, 0.15) is 54.7 Å². The van der Waals surface area contributed by atoms with E-state index in [1.165, 1.54) is 24.8 Å². The van der Waals surface area contributed by atoms with E-state index in [2.05, 4.69) is 11.6 Å². The maximum atomic E-state index is 12.5. The van der Waals surface area contributed by atoms with Crippen LogP contribution in [0.4, 0.5) is 0 Å². The lowest BCUT2D eigenvalue weighted by Gasteiger charge is -2.15. The van der Waals surface area contributed by atoms with Gasteiger partial charge in [0.05, 0.1) is 17.3 Å². The highest BCUT2D eigenvalue weighted by Gasteiger charge is 2.22. The van der Waals surface area contributed by atoms with Crippen molar-refractivity contribution in [1.29, 1.82) is 0 Å². The van der Waals surface area contributed by atoms with Gasteiger partial charge in [-0.25, -0.2) is 0 Å². The maximum absolute atomic E-state index is 12.5. The van der Waals surface area contributed by atoms with Gasteiger partial charge in [-0.2, -0.15) is 5.10 Å². The number of carbonyl (C=O) groups excluding carboxylic acids is 1.